The van der Waals surface area contributed by atoms with E-state index in [2.05, 4.69) is 70.0 Å². The van der Waals surface area contributed by atoms with Crippen LogP contribution in [0.4, 0.5) is 0 Å². The van der Waals surface area contributed by atoms with Crippen LogP contribution in [0.2, 0.25) is 0 Å². The van der Waals surface area contributed by atoms with E-state index < -0.39 is 0 Å². The maximum atomic E-state index is 13.7. The molecule has 16 aliphatic carbocycles. The van der Waals surface area contributed by atoms with Crippen molar-refractivity contribution in [3.05, 3.63) is 81.1 Å². The fraction of sp³-hybridized carbons (Fsp3) is 0.732. The molecular weight excluding hydrogens is 737 g/mol. The van der Waals surface area contributed by atoms with Gasteiger partial charge >= 0.3 is 5.97 Å². The lowest BCUT2D eigenvalue weighted by atomic mass is 9.37. The van der Waals surface area contributed by atoms with Crippen LogP contribution in [0.5, 0.6) is 0 Å². The van der Waals surface area contributed by atoms with Crippen molar-refractivity contribution in [1.82, 2.24) is 0 Å². The Morgan fingerprint density at radius 3 is 2.32 bits per heavy atom. The van der Waals surface area contributed by atoms with Crippen molar-refractivity contribution in [2.75, 3.05) is 6.61 Å². The van der Waals surface area contributed by atoms with E-state index in [1.807, 2.05) is 0 Å². The quantitative estimate of drug-likeness (QED) is 0.196. The van der Waals surface area contributed by atoms with Crippen molar-refractivity contribution in [3.63, 3.8) is 0 Å². The predicted octanol–water partition coefficient (Wildman–Crippen LogP) is 11.1. The van der Waals surface area contributed by atoms with E-state index in [0.29, 0.717) is 13.0 Å². The van der Waals surface area contributed by atoms with Gasteiger partial charge in [-0.1, -0.05) is 53.1 Å². The summed E-state index contributed by atoms with van der Waals surface area (Å²) < 4.78 is 6.03. The third-order valence-electron chi connectivity index (χ3n) is 25.4. The Kier molecular flexibility index (Phi) is 5.76. The summed E-state index contributed by atoms with van der Waals surface area (Å²) in [4.78, 5) is 13.7. The molecule has 0 radical (unpaired) electrons. The Labute approximate surface area is 355 Å². The average molecular weight is 799 g/mol. The molecule has 0 spiro atoms. The van der Waals surface area contributed by atoms with Crippen LogP contribution in [0.1, 0.15) is 81.8 Å². The molecule has 0 amide bonds. The van der Waals surface area contributed by atoms with Gasteiger partial charge in [-0.05, 0) is 252 Å². The lowest BCUT2D eigenvalue weighted by Gasteiger charge is -2.67. The first-order valence-electron chi connectivity index (χ1n) is 25.8. The molecule has 0 saturated heterocycles. The van der Waals surface area contributed by atoms with Crippen LogP contribution in [-0.2, 0) is 21.4 Å². The fourth-order valence-corrected chi connectivity index (χ4v) is 27.0. The number of esters is 1. The number of hydrogen-bond acceptors (Lipinski definition) is 3. The molecule has 16 aliphatic rings. The summed E-state index contributed by atoms with van der Waals surface area (Å²) in [5.41, 5.74) is 9.64. The Morgan fingerprint density at radius 2 is 1.44 bits per heavy atom. The fourth-order valence-electron chi connectivity index (χ4n) is 26.3. The Hall–Kier alpha value is -2.13. The van der Waals surface area contributed by atoms with Gasteiger partial charge in [0.05, 0.1) is 6.61 Å². The molecule has 2 nitrogen and oxygen atoms in total. The molecule has 13 saturated carbocycles. The number of carbonyl (C=O) groups excluding carboxylic acids is 1. The van der Waals surface area contributed by atoms with Gasteiger partial charge < -0.3 is 4.74 Å². The zero-order valence-corrected chi connectivity index (χ0v) is 35.5. The Balaban J connectivity index is 0.856. The molecule has 18 rings (SSSR count). The van der Waals surface area contributed by atoms with E-state index in [1.165, 1.54) is 37.7 Å². The summed E-state index contributed by atoms with van der Waals surface area (Å²) in [6.07, 6.45) is 19.2. The zero-order valence-electron chi connectivity index (χ0n) is 34.7. The lowest BCUT2D eigenvalue weighted by molar-refractivity contribution is -0.165. The first kappa shape index (κ1) is 32.5. The van der Waals surface area contributed by atoms with Crippen LogP contribution in [0, 0.1) is 160 Å². The van der Waals surface area contributed by atoms with Crippen molar-refractivity contribution in [2.45, 2.75) is 82.5 Å². The number of allylic oxidation sites excluding steroid dienone is 4. The first-order chi connectivity index (χ1) is 29.2. The van der Waals surface area contributed by atoms with E-state index in [1.54, 1.807) is 42.6 Å². The van der Waals surface area contributed by atoms with Crippen molar-refractivity contribution < 1.29 is 9.53 Å². The topological polar surface area (TPSA) is 26.3 Å². The van der Waals surface area contributed by atoms with Crippen LogP contribution in [-0.4, -0.2) is 12.6 Å². The first-order valence-corrected chi connectivity index (χ1v) is 26.8. The van der Waals surface area contributed by atoms with E-state index >= 15 is 0 Å². The van der Waals surface area contributed by atoms with Crippen molar-refractivity contribution in [3.8, 4) is 0 Å². The van der Waals surface area contributed by atoms with Gasteiger partial charge in [0.15, 0.2) is 0 Å². The summed E-state index contributed by atoms with van der Waals surface area (Å²) >= 11 is 1.75. The molecule has 3 heteroatoms. The molecule has 0 aliphatic heterocycles. The summed E-state index contributed by atoms with van der Waals surface area (Å²) in [5.74, 6) is 27.2. The second kappa shape index (κ2) is 10.5. The highest BCUT2D eigenvalue weighted by atomic mass is 32.1. The van der Waals surface area contributed by atoms with E-state index in [4.69, 9.17) is 4.74 Å². The van der Waals surface area contributed by atoms with Gasteiger partial charge in [-0.2, -0.15) is 11.3 Å². The van der Waals surface area contributed by atoms with Crippen molar-refractivity contribution in [2.24, 2.45) is 160 Å². The number of rotatable bonds is 8. The SMILES string of the molecule is O=C(CCCC1(c2ccccc2)C2CCC3C=C4CC5CC6=C7C5C5C4C4C8C5C5C7C7C(C6)CC6CC9CC2C2C%10C9C6C7C5C%10C8C2C1C34)OCCc1ccsc1. The van der Waals surface area contributed by atoms with Gasteiger partial charge in [-0.25, -0.2) is 0 Å². The van der Waals surface area contributed by atoms with Crippen molar-refractivity contribution in [1.29, 1.82) is 0 Å². The van der Waals surface area contributed by atoms with Gasteiger partial charge in [-0.15, -0.1) is 0 Å². The molecule has 28 atom stereocenters. The molecule has 28 unspecified atom stereocenters. The van der Waals surface area contributed by atoms with E-state index in [0.717, 1.165) is 173 Å². The molecule has 1 aromatic carbocycles. The molecule has 59 heavy (non-hydrogen) atoms. The number of thiophene rings is 1. The molecule has 2 aromatic rings. The average Bonchev–Trinajstić information content (AvgIpc) is 4.10. The Bertz CT molecular complexity index is 2310. The third-order valence-corrected chi connectivity index (χ3v) is 26.1. The van der Waals surface area contributed by atoms with Gasteiger partial charge in [0.25, 0.3) is 0 Å². The zero-order chi connectivity index (χ0) is 37.5. The third kappa shape index (κ3) is 3.32. The molecule has 2 bridgehead atoms. The minimum Gasteiger partial charge on any atom is -0.465 e. The maximum Gasteiger partial charge on any atom is 0.305 e. The Morgan fingerprint density at radius 1 is 0.678 bits per heavy atom. The standard InChI is InChI=1S/C56H62O2S/c57-34(58-13-10-23-11-14-59-22-23)7-4-12-56(31-5-2-1-3-6-31)33-9-8-24-15-25-16-26-17-27-18-29-19-28-20-30-21-32(33)42-47-38(30)37(28)44-39(29)43-35(27)36(26)45-40(25)46-41(24)55(56)54(42)53-51(46)49(45)48(43)50(44)52(47)53/h1-3,5-6,11,14-15,22,24,26,28-30,32-33,36-55H,4,7-10,12-13,16-21H2. The number of carbonyl (C=O) groups is 1. The molecule has 0 N–H and O–H groups in total. The molecule has 1 aromatic heterocycles. The monoisotopic (exact) mass is 798 g/mol. The minimum absolute atomic E-state index is 0.0612. The maximum absolute atomic E-state index is 13.7. The van der Waals surface area contributed by atoms with Gasteiger partial charge in [0.2, 0.25) is 0 Å². The second-order valence-electron chi connectivity index (χ2n) is 25.4. The van der Waals surface area contributed by atoms with Crippen LogP contribution in [0.3, 0.4) is 0 Å². The number of fused-ring (bicyclic) bond motifs is 2. The smallest absolute Gasteiger partial charge is 0.305 e. The largest absolute Gasteiger partial charge is 0.465 e. The van der Waals surface area contributed by atoms with Crippen LogP contribution >= 0.6 is 11.3 Å². The highest BCUT2D eigenvalue weighted by Gasteiger charge is 2.88. The van der Waals surface area contributed by atoms with E-state index in [-0.39, 0.29) is 11.4 Å². The summed E-state index contributed by atoms with van der Waals surface area (Å²) in [7, 11) is 0. The molecule has 1 heterocycles. The number of benzene rings is 1. The second-order valence-corrected chi connectivity index (χ2v) is 26.2. The molecule has 304 valence electrons. The summed E-state index contributed by atoms with van der Waals surface area (Å²) in [5, 5.41) is 4.35. The van der Waals surface area contributed by atoms with Gasteiger partial charge in [-0.3, -0.25) is 4.79 Å². The van der Waals surface area contributed by atoms with Crippen LogP contribution in [0.25, 0.3) is 0 Å². The molecular formula is C56H62O2S. The molecule has 13 fully saturated rings. The van der Waals surface area contributed by atoms with Crippen LogP contribution in [0.15, 0.2) is 70.0 Å². The van der Waals surface area contributed by atoms with Gasteiger partial charge in [0, 0.05) is 18.3 Å². The van der Waals surface area contributed by atoms with Gasteiger partial charge in [0.1, 0.15) is 0 Å². The van der Waals surface area contributed by atoms with E-state index in [9.17, 15) is 4.79 Å². The van der Waals surface area contributed by atoms with Crippen LogP contribution < -0.4 is 0 Å². The lowest BCUT2D eigenvalue weighted by Crippen LogP contribution is -2.64. The summed E-state index contributed by atoms with van der Waals surface area (Å²) in [6.45, 7) is 0.530. The minimum atomic E-state index is 0.0612. The highest BCUT2D eigenvalue weighted by molar-refractivity contribution is 7.07. The normalized spacial score (nSPS) is 61.4. The summed E-state index contributed by atoms with van der Waals surface area (Å²) in [6, 6.07) is 14.7. The highest BCUT2D eigenvalue weighted by Crippen LogP contribution is 2.92. The predicted molar refractivity (Wildman–Crippen MR) is 227 cm³/mol. The number of hydrogen-bond donors (Lipinski definition) is 0. The number of ether oxygens (including phenoxy) is 1. The van der Waals surface area contributed by atoms with Crippen molar-refractivity contribution >= 4 is 17.3 Å².